The number of benzene rings is 4. The average molecular weight is 871 g/mol. The number of aliphatic hydroxyl groups is 1. The topological polar surface area (TPSA) is 215 Å². The van der Waals surface area contributed by atoms with Crippen molar-refractivity contribution in [2.75, 3.05) is 13.2 Å². The van der Waals surface area contributed by atoms with E-state index in [1.165, 1.54) is 36.4 Å². The van der Waals surface area contributed by atoms with E-state index < -0.39 is 110 Å². The van der Waals surface area contributed by atoms with Crippen molar-refractivity contribution in [3.63, 3.8) is 0 Å². The summed E-state index contributed by atoms with van der Waals surface area (Å²) in [6.45, 7) is 2.03. The maximum atomic E-state index is 13.9. The Morgan fingerprint density at radius 2 is 0.921 bits per heavy atom. The average Bonchev–Trinajstić information content (AvgIpc) is 3.28. The molecule has 4 aromatic rings. The minimum Gasteiger partial charge on any atom is -0.463 e. The molecule has 0 saturated carbocycles. The van der Waals surface area contributed by atoms with Gasteiger partial charge in [0.05, 0.1) is 23.3 Å². The van der Waals surface area contributed by atoms with Crippen molar-refractivity contribution in [3.05, 3.63) is 144 Å². The lowest BCUT2D eigenvalue weighted by Gasteiger charge is -2.48. The predicted molar refractivity (Wildman–Crippen MR) is 215 cm³/mol. The maximum absolute atomic E-state index is 13.9. The predicted octanol–water partition coefficient (Wildman–Crippen LogP) is 4.13. The standard InChI is InChI=1S/C46H46O17/c1-27(47)54-25-35-36(57-28(2)48)39(58-29(3)49)41(55-24-30-16-8-4-9-17-30)46(60-35)63-38-37(61-43(51)32-20-12-6-13-21-32)34(26-56-42(50)31-18-10-5-11-19-31)59-45(53)40(38)62-44(52)33-22-14-7-15-23-33/h4-23,34-41,45-46,53H,24-26H2,1-3H3/t34-,35-,36-,37-,38+,39+,40-,41-,45+,46-/m1/s1. The zero-order chi connectivity index (χ0) is 44.9. The van der Waals surface area contributed by atoms with E-state index >= 15 is 0 Å². The van der Waals surface area contributed by atoms with Gasteiger partial charge in [0.25, 0.3) is 0 Å². The fourth-order valence-electron chi connectivity index (χ4n) is 6.88. The molecule has 1 N–H and O–H groups in total. The Bertz CT molecular complexity index is 2150. The van der Waals surface area contributed by atoms with Gasteiger partial charge >= 0.3 is 35.8 Å². The Kier molecular flexibility index (Phi) is 16.1. The highest BCUT2D eigenvalue weighted by molar-refractivity contribution is 5.90. The largest absolute Gasteiger partial charge is 0.463 e. The van der Waals surface area contributed by atoms with Gasteiger partial charge in [-0.05, 0) is 42.0 Å². The molecule has 4 aromatic carbocycles. The second-order valence-electron chi connectivity index (χ2n) is 14.4. The van der Waals surface area contributed by atoms with E-state index in [1.807, 2.05) is 0 Å². The smallest absolute Gasteiger partial charge is 0.338 e. The molecule has 2 heterocycles. The molecule has 0 amide bonds. The first-order chi connectivity index (χ1) is 30.4. The van der Waals surface area contributed by atoms with Crippen molar-refractivity contribution in [1.29, 1.82) is 0 Å². The summed E-state index contributed by atoms with van der Waals surface area (Å²) < 4.78 is 59.6. The van der Waals surface area contributed by atoms with Crippen LogP contribution in [0.5, 0.6) is 0 Å². The number of hydrogen-bond acceptors (Lipinski definition) is 17. The number of ether oxygens (including phenoxy) is 10. The highest BCUT2D eigenvalue weighted by Crippen LogP contribution is 2.36. The molecule has 6 rings (SSSR count). The molecule has 0 aliphatic carbocycles. The Hall–Kier alpha value is -6.50. The first kappa shape index (κ1) is 46.0. The normalized spacial score (nSPS) is 25.4. The maximum Gasteiger partial charge on any atom is 0.338 e. The van der Waals surface area contributed by atoms with Crippen LogP contribution in [-0.2, 0) is 68.4 Å². The van der Waals surface area contributed by atoms with Gasteiger partial charge in [-0.1, -0.05) is 84.9 Å². The minimum absolute atomic E-state index is 0.0683. The van der Waals surface area contributed by atoms with Gasteiger partial charge in [-0.3, -0.25) is 14.4 Å². The van der Waals surface area contributed by atoms with Crippen molar-refractivity contribution < 1.29 is 81.2 Å². The second-order valence-corrected chi connectivity index (χ2v) is 14.4. The van der Waals surface area contributed by atoms with Crippen LogP contribution in [0.3, 0.4) is 0 Å². The summed E-state index contributed by atoms with van der Waals surface area (Å²) in [5.74, 6) is -5.01. The Balaban J connectivity index is 1.45. The van der Waals surface area contributed by atoms with E-state index in [2.05, 4.69) is 0 Å². The van der Waals surface area contributed by atoms with Crippen molar-refractivity contribution in [1.82, 2.24) is 0 Å². The van der Waals surface area contributed by atoms with Gasteiger partial charge in [0.15, 0.2) is 37.0 Å². The lowest BCUT2D eigenvalue weighted by molar-refractivity contribution is -0.360. The van der Waals surface area contributed by atoms with Crippen LogP contribution in [0.2, 0.25) is 0 Å². The quantitative estimate of drug-likeness (QED) is 0.124. The molecule has 2 fully saturated rings. The van der Waals surface area contributed by atoms with Crippen LogP contribution in [0.15, 0.2) is 121 Å². The Morgan fingerprint density at radius 1 is 0.476 bits per heavy atom. The van der Waals surface area contributed by atoms with Crippen molar-refractivity contribution in [3.8, 4) is 0 Å². The molecule has 2 aliphatic rings. The lowest BCUT2D eigenvalue weighted by atomic mass is 9.95. The van der Waals surface area contributed by atoms with Gasteiger partial charge in [0.1, 0.15) is 37.6 Å². The highest BCUT2D eigenvalue weighted by atomic mass is 16.8. The molecule has 63 heavy (non-hydrogen) atoms. The first-order valence-electron chi connectivity index (χ1n) is 19.9. The number of carbonyl (C=O) groups is 6. The van der Waals surface area contributed by atoms with Crippen LogP contribution in [0.1, 0.15) is 57.4 Å². The molecule has 2 aliphatic heterocycles. The summed E-state index contributed by atoms with van der Waals surface area (Å²) in [7, 11) is 0. The molecule has 0 bridgehead atoms. The van der Waals surface area contributed by atoms with Gasteiger partial charge in [0.2, 0.25) is 0 Å². The van der Waals surface area contributed by atoms with E-state index in [1.54, 1.807) is 84.9 Å². The minimum atomic E-state index is -2.03. The Morgan fingerprint density at radius 3 is 1.44 bits per heavy atom. The summed E-state index contributed by atoms with van der Waals surface area (Å²) in [6, 6.07) is 32.4. The van der Waals surface area contributed by atoms with Crippen molar-refractivity contribution >= 4 is 35.8 Å². The summed E-state index contributed by atoms with van der Waals surface area (Å²) >= 11 is 0. The zero-order valence-electron chi connectivity index (χ0n) is 34.4. The molecular formula is C46H46O17. The van der Waals surface area contributed by atoms with E-state index in [4.69, 9.17) is 47.4 Å². The third kappa shape index (κ3) is 12.6. The van der Waals surface area contributed by atoms with Crippen LogP contribution in [-0.4, -0.2) is 116 Å². The van der Waals surface area contributed by atoms with Crippen molar-refractivity contribution in [2.24, 2.45) is 0 Å². The van der Waals surface area contributed by atoms with Gasteiger partial charge in [0, 0.05) is 20.8 Å². The number of rotatable bonds is 16. The summed E-state index contributed by atoms with van der Waals surface area (Å²) in [6.07, 6.45) is -16.4. The fourth-order valence-corrected chi connectivity index (χ4v) is 6.88. The van der Waals surface area contributed by atoms with Gasteiger partial charge in [-0.2, -0.15) is 0 Å². The second kappa shape index (κ2) is 22.0. The number of esters is 6. The fraction of sp³-hybridized carbons (Fsp3) is 0.348. The number of hydrogen-bond donors (Lipinski definition) is 1. The first-order valence-corrected chi connectivity index (χ1v) is 19.9. The number of carbonyl (C=O) groups excluding carboxylic acids is 6. The number of aliphatic hydroxyl groups excluding tert-OH is 1. The molecule has 0 aromatic heterocycles. The van der Waals surface area contributed by atoms with E-state index in [0.717, 1.165) is 20.8 Å². The third-order valence-corrected chi connectivity index (χ3v) is 9.73. The third-order valence-electron chi connectivity index (χ3n) is 9.73. The van der Waals surface area contributed by atoms with Crippen LogP contribution < -0.4 is 0 Å². The summed E-state index contributed by atoms with van der Waals surface area (Å²) in [4.78, 5) is 78.2. The molecule has 0 radical (unpaired) electrons. The lowest BCUT2D eigenvalue weighted by Crippen LogP contribution is -2.67. The van der Waals surface area contributed by atoms with Crippen LogP contribution in [0.25, 0.3) is 0 Å². The van der Waals surface area contributed by atoms with Gasteiger partial charge < -0.3 is 52.5 Å². The van der Waals surface area contributed by atoms with Gasteiger partial charge in [-0.25, -0.2) is 14.4 Å². The molecule has 332 valence electrons. The van der Waals surface area contributed by atoms with Crippen molar-refractivity contribution in [2.45, 2.75) is 88.8 Å². The monoisotopic (exact) mass is 870 g/mol. The Labute approximate surface area is 362 Å². The molecule has 10 atom stereocenters. The molecule has 0 unspecified atom stereocenters. The van der Waals surface area contributed by atoms with E-state index in [9.17, 15) is 33.9 Å². The molecule has 2 saturated heterocycles. The van der Waals surface area contributed by atoms with Crippen LogP contribution >= 0.6 is 0 Å². The molecule has 17 heteroatoms. The molecule has 0 spiro atoms. The molecule has 17 nitrogen and oxygen atoms in total. The zero-order valence-corrected chi connectivity index (χ0v) is 34.4. The van der Waals surface area contributed by atoms with Gasteiger partial charge in [-0.15, -0.1) is 0 Å². The SMILES string of the molecule is CC(=O)OC[C@H]1O[C@H](O[C@@H]2[C@@H](OC(=O)c3ccccc3)[C@@H](O)O[C@H](COC(=O)c3ccccc3)[C@H]2OC(=O)c2ccccc2)[C@H](OCc2ccccc2)[C@@H](OC(C)=O)[C@@H]1OC(C)=O. The van der Waals surface area contributed by atoms with Crippen LogP contribution in [0, 0.1) is 0 Å². The van der Waals surface area contributed by atoms with Crippen LogP contribution in [0.4, 0.5) is 0 Å². The highest BCUT2D eigenvalue weighted by Gasteiger charge is 2.57. The summed E-state index contributed by atoms with van der Waals surface area (Å²) in [5, 5.41) is 11.7. The summed E-state index contributed by atoms with van der Waals surface area (Å²) in [5.41, 5.74) is 0.980. The molecular weight excluding hydrogens is 824 g/mol. The van der Waals surface area contributed by atoms with E-state index in [0.29, 0.717) is 5.56 Å². The van der Waals surface area contributed by atoms with E-state index in [-0.39, 0.29) is 23.3 Å².